The molecule has 1 saturated heterocycles. The zero-order valence-corrected chi connectivity index (χ0v) is 10.1. The number of hydrogen-bond donors (Lipinski definition) is 2. The van der Waals surface area contributed by atoms with Gasteiger partial charge in [0.15, 0.2) is 0 Å². The quantitative estimate of drug-likeness (QED) is 0.779. The largest absolute Gasteiger partial charge is 0.371 e. The molecule has 0 aromatic carbocycles. The van der Waals surface area contributed by atoms with E-state index in [2.05, 4.69) is 15.5 Å². The molecule has 0 radical (unpaired) electrons. The minimum atomic E-state index is -0.435. The number of H-pyrrole nitrogens is 1. The summed E-state index contributed by atoms with van der Waals surface area (Å²) in [6, 6.07) is -0.308. The number of anilines is 1. The zero-order valence-electron chi connectivity index (χ0n) is 10.1. The van der Waals surface area contributed by atoms with Crippen LogP contribution in [-0.2, 0) is 9.59 Å². The first-order valence-corrected chi connectivity index (χ1v) is 6.37. The fraction of sp³-hybridized carbons (Fsp3) is 0.583. The predicted molar refractivity (Wildman–Crippen MR) is 64.7 cm³/mol. The summed E-state index contributed by atoms with van der Waals surface area (Å²) in [4.78, 5) is 25.7. The van der Waals surface area contributed by atoms with Crippen LogP contribution in [0.5, 0.6) is 0 Å². The van der Waals surface area contributed by atoms with Gasteiger partial charge in [-0.2, -0.15) is 5.10 Å². The highest BCUT2D eigenvalue weighted by Crippen LogP contribution is 2.29. The van der Waals surface area contributed by atoms with Crippen molar-refractivity contribution in [1.29, 1.82) is 0 Å². The summed E-state index contributed by atoms with van der Waals surface area (Å²) in [7, 11) is 0. The van der Waals surface area contributed by atoms with Gasteiger partial charge in [-0.05, 0) is 12.8 Å². The smallest absolute Gasteiger partial charge is 0.252 e. The lowest BCUT2D eigenvalue weighted by Crippen LogP contribution is -2.40. The summed E-state index contributed by atoms with van der Waals surface area (Å²) in [6.45, 7) is 0. The maximum atomic E-state index is 12.2. The van der Waals surface area contributed by atoms with E-state index in [0.29, 0.717) is 0 Å². The molecule has 3 rings (SSSR count). The second-order valence-electron chi connectivity index (χ2n) is 4.93. The molecule has 1 aliphatic carbocycles. The van der Waals surface area contributed by atoms with E-state index in [1.165, 1.54) is 4.90 Å². The van der Waals surface area contributed by atoms with E-state index in [9.17, 15) is 9.59 Å². The molecule has 2 N–H and O–H groups in total. The van der Waals surface area contributed by atoms with Crippen LogP contribution in [0.3, 0.4) is 0 Å². The molecule has 1 aliphatic heterocycles. The standard InChI is InChI=1S/C12H16N4O2/c17-11-5-10(15-8-6-13-14-7-8)12(18)16(11)9-3-1-2-4-9/h6-7,9-10,15H,1-5H2,(H,13,14). The molecular formula is C12H16N4O2. The molecule has 1 saturated carbocycles. The SMILES string of the molecule is O=C1CC(Nc2cn[nH]c2)C(=O)N1C1CCCC1. The highest BCUT2D eigenvalue weighted by Gasteiger charge is 2.42. The average molecular weight is 248 g/mol. The van der Waals surface area contributed by atoms with E-state index in [1.54, 1.807) is 12.4 Å². The van der Waals surface area contributed by atoms with Crippen LogP contribution in [0.1, 0.15) is 32.1 Å². The van der Waals surface area contributed by atoms with Gasteiger partial charge < -0.3 is 5.32 Å². The number of amides is 2. The number of imide groups is 1. The lowest BCUT2D eigenvalue weighted by Gasteiger charge is -2.22. The Morgan fingerprint density at radius 3 is 2.78 bits per heavy atom. The third-order valence-corrected chi connectivity index (χ3v) is 3.71. The van der Waals surface area contributed by atoms with Gasteiger partial charge in [-0.25, -0.2) is 0 Å². The van der Waals surface area contributed by atoms with Crippen LogP contribution < -0.4 is 5.32 Å². The van der Waals surface area contributed by atoms with E-state index in [4.69, 9.17) is 0 Å². The first kappa shape index (κ1) is 11.3. The highest BCUT2D eigenvalue weighted by atomic mass is 16.2. The number of carbonyl (C=O) groups is 2. The van der Waals surface area contributed by atoms with Gasteiger partial charge in [0.1, 0.15) is 6.04 Å². The average Bonchev–Trinajstić information content (AvgIpc) is 3.03. The topological polar surface area (TPSA) is 78.1 Å². The van der Waals surface area contributed by atoms with Crippen LogP contribution in [0.4, 0.5) is 5.69 Å². The molecule has 18 heavy (non-hydrogen) atoms. The van der Waals surface area contributed by atoms with Crippen LogP contribution in [0.15, 0.2) is 12.4 Å². The summed E-state index contributed by atoms with van der Waals surface area (Å²) in [5.74, 6) is -0.138. The molecule has 0 bridgehead atoms. The number of rotatable bonds is 3. The van der Waals surface area contributed by atoms with Crippen molar-refractivity contribution in [2.45, 2.75) is 44.2 Å². The molecule has 6 nitrogen and oxygen atoms in total. The van der Waals surface area contributed by atoms with Crippen LogP contribution in [0.2, 0.25) is 0 Å². The van der Waals surface area contributed by atoms with Gasteiger partial charge in [0.25, 0.3) is 5.91 Å². The lowest BCUT2D eigenvalue weighted by molar-refractivity contribution is -0.141. The minimum absolute atomic E-state index is 0.0482. The number of aromatic amines is 1. The maximum absolute atomic E-state index is 12.2. The van der Waals surface area contributed by atoms with Crippen molar-refractivity contribution in [2.75, 3.05) is 5.32 Å². The van der Waals surface area contributed by atoms with Gasteiger partial charge in [0, 0.05) is 12.2 Å². The lowest BCUT2D eigenvalue weighted by atomic mass is 10.2. The Hall–Kier alpha value is -1.85. The molecule has 1 aromatic rings. The van der Waals surface area contributed by atoms with Crippen LogP contribution in [0.25, 0.3) is 0 Å². The second kappa shape index (κ2) is 4.44. The molecule has 1 unspecified atom stereocenters. The van der Waals surface area contributed by atoms with Gasteiger partial charge in [-0.15, -0.1) is 0 Å². The predicted octanol–water partition coefficient (Wildman–Crippen LogP) is 0.892. The van der Waals surface area contributed by atoms with Crippen molar-refractivity contribution in [3.05, 3.63) is 12.4 Å². The van der Waals surface area contributed by atoms with Crippen molar-refractivity contribution in [3.8, 4) is 0 Å². The third kappa shape index (κ3) is 1.87. The first-order chi connectivity index (χ1) is 8.75. The Kier molecular flexibility index (Phi) is 2.77. The Morgan fingerprint density at radius 1 is 1.33 bits per heavy atom. The molecule has 1 aromatic heterocycles. The Labute approximate surface area is 105 Å². The van der Waals surface area contributed by atoms with Crippen molar-refractivity contribution in [3.63, 3.8) is 0 Å². The van der Waals surface area contributed by atoms with Crippen molar-refractivity contribution >= 4 is 17.5 Å². The molecule has 1 atom stereocenters. The summed E-state index contributed by atoms with van der Waals surface area (Å²) < 4.78 is 0. The number of aromatic nitrogens is 2. The molecule has 0 spiro atoms. The minimum Gasteiger partial charge on any atom is -0.371 e. The van der Waals surface area contributed by atoms with Crippen molar-refractivity contribution in [2.24, 2.45) is 0 Å². The Balaban J connectivity index is 1.71. The summed E-state index contributed by atoms with van der Waals surface area (Å²) >= 11 is 0. The van der Waals surface area contributed by atoms with Gasteiger partial charge in [-0.1, -0.05) is 12.8 Å². The first-order valence-electron chi connectivity index (χ1n) is 6.37. The molecule has 2 aliphatic rings. The molecule has 96 valence electrons. The molecule has 2 amide bonds. The highest BCUT2D eigenvalue weighted by molar-refractivity contribution is 6.07. The fourth-order valence-electron chi connectivity index (χ4n) is 2.84. The van der Waals surface area contributed by atoms with Crippen LogP contribution >= 0.6 is 0 Å². The summed E-state index contributed by atoms with van der Waals surface area (Å²) in [5.41, 5.74) is 0.745. The molecule has 2 fully saturated rings. The Bertz CT molecular complexity index is 451. The van der Waals surface area contributed by atoms with E-state index in [1.807, 2.05) is 0 Å². The Morgan fingerprint density at radius 2 is 2.11 bits per heavy atom. The van der Waals surface area contributed by atoms with Gasteiger partial charge in [0.2, 0.25) is 5.91 Å². The summed E-state index contributed by atoms with van der Waals surface area (Å²) in [5, 5.41) is 9.53. The van der Waals surface area contributed by atoms with Gasteiger partial charge in [-0.3, -0.25) is 19.6 Å². The van der Waals surface area contributed by atoms with Crippen LogP contribution in [-0.4, -0.2) is 39.0 Å². The van der Waals surface area contributed by atoms with Crippen molar-refractivity contribution < 1.29 is 9.59 Å². The number of nitrogens with zero attached hydrogens (tertiary/aromatic N) is 2. The monoisotopic (exact) mass is 248 g/mol. The fourth-order valence-corrected chi connectivity index (χ4v) is 2.84. The molecule has 6 heteroatoms. The number of carbonyl (C=O) groups excluding carboxylic acids is 2. The maximum Gasteiger partial charge on any atom is 0.252 e. The van der Waals surface area contributed by atoms with E-state index in [-0.39, 0.29) is 24.3 Å². The van der Waals surface area contributed by atoms with Gasteiger partial charge in [0.05, 0.1) is 18.3 Å². The number of nitrogens with one attached hydrogen (secondary N) is 2. The second-order valence-corrected chi connectivity index (χ2v) is 4.93. The molecular weight excluding hydrogens is 232 g/mol. The van der Waals surface area contributed by atoms with Gasteiger partial charge >= 0.3 is 0 Å². The normalized spacial score (nSPS) is 25.1. The number of hydrogen-bond acceptors (Lipinski definition) is 4. The van der Waals surface area contributed by atoms with E-state index >= 15 is 0 Å². The third-order valence-electron chi connectivity index (χ3n) is 3.71. The number of likely N-dealkylation sites (tertiary alicyclic amines) is 1. The zero-order chi connectivity index (χ0) is 12.5. The van der Waals surface area contributed by atoms with E-state index in [0.717, 1.165) is 31.4 Å². The van der Waals surface area contributed by atoms with E-state index < -0.39 is 6.04 Å². The van der Waals surface area contributed by atoms with Crippen LogP contribution in [0, 0.1) is 0 Å². The molecule has 2 heterocycles. The summed E-state index contributed by atoms with van der Waals surface area (Å²) in [6.07, 6.45) is 7.67. The van der Waals surface area contributed by atoms with Crippen molar-refractivity contribution in [1.82, 2.24) is 15.1 Å².